The van der Waals surface area contributed by atoms with Gasteiger partial charge >= 0.3 is 0 Å². The second-order valence-corrected chi connectivity index (χ2v) is 7.55. The first kappa shape index (κ1) is 21.8. The Morgan fingerprint density at radius 3 is 2.43 bits per heavy atom. The summed E-state index contributed by atoms with van der Waals surface area (Å²) in [4.78, 5) is 14.9. The number of nitriles is 1. The van der Waals surface area contributed by atoms with Crippen molar-refractivity contribution in [1.82, 2.24) is 0 Å². The molecule has 1 heterocycles. The Kier molecular flexibility index (Phi) is 7.09. The highest BCUT2D eigenvalue weighted by atomic mass is 35.5. The summed E-state index contributed by atoms with van der Waals surface area (Å²) in [5.74, 6) is 0.608. The van der Waals surface area contributed by atoms with E-state index in [1.54, 1.807) is 32.4 Å². The fourth-order valence-corrected chi connectivity index (χ4v) is 3.76. The number of anilines is 2. The van der Waals surface area contributed by atoms with Gasteiger partial charge in [0.25, 0.3) is 5.91 Å². The van der Waals surface area contributed by atoms with Crippen molar-refractivity contribution < 1.29 is 14.3 Å². The van der Waals surface area contributed by atoms with Gasteiger partial charge < -0.3 is 19.7 Å². The summed E-state index contributed by atoms with van der Waals surface area (Å²) < 4.78 is 11.1. The number of carbonyl (C=O) groups is 1. The van der Waals surface area contributed by atoms with Gasteiger partial charge in [-0.3, -0.25) is 4.79 Å². The van der Waals surface area contributed by atoms with Crippen LogP contribution in [0.4, 0.5) is 11.4 Å². The van der Waals surface area contributed by atoms with Crippen LogP contribution >= 0.6 is 23.2 Å². The Bertz CT molecular complexity index is 1030. The third-order valence-corrected chi connectivity index (χ3v) is 5.37. The van der Waals surface area contributed by atoms with Crippen LogP contribution in [0, 0.1) is 11.3 Å². The van der Waals surface area contributed by atoms with E-state index in [4.69, 9.17) is 32.7 Å². The topological polar surface area (TPSA) is 74.6 Å². The molecule has 0 aliphatic carbocycles. The number of carbonyl (C=O) groups excluding carboxylic acids is 1. The van der Waals surface area contributed by atoms with E-state index in [0.29, 0.717) is 27.8 Å². The minimum absolute atomic E-state index is 0.102. The van der Waals surface area contributed by atoms with Gasteiger partial charge in [0, 0.05) is 29.7 Å². The van der Waals surface area contributed by atoms with E-state index in [0.717, 1.165) is 31.6 Å². The van der Waals surface area contributed by atoms with Gasteiger partial charge in [-0.25, -0.2) is 0 Å². The minimum atomic E-state index is -0.591. The average molecular weight is 446 g/mol. The zero-order valence-corrected chi connectivity index (χ0v) is 18.2. The number of benzene rings is 2. The van der Waals surface area contributed by atoms with Crippen molar-refractivity contribution in [1.29, 1.82) is 5.26 Å². The monoisotopic (exact) mass is 445 g/mol. The molecule has 0 aromatic heterocycles. The van der Waals surface area contributed by atoms with Crippen LogP contribution < -0.4 is 19.7 Å². The van der Waals surface area contributed by atoms with E-state index in [-0.39, 0.29) is 10.6 Å². The number of halogens is 2. The number of ether oxygens (including phenoxy) is 2. The van der Waals surface area contributed by atoms with E-state index in [9.17, 15) is 10.1 Å². The molecular formula is C22H21Cl2N3O3. The average Bonchev–Trinajstić information content (AvgIpc) is 3.28. The molecule has 0 radical (unpaired) electrons. The molecule has 0 spiro atoms. The minimum Gasteiger partial charge on any atom is -0.496 e. The largest absolute Gasteiger partial charge is 0.496 e. The standard InChI is InChI=1S/C22H21Cl2N3O3/c1-29-20-12-19(27-7-3-4-8-27)21(30-2)10-14(20)9-15(13-25)22(28)26-18-6-5-16(23)11-17(18)24/h5-6,9-12H,3-4,7-8H2,1-2H3,(H,26,28)/b15-9-. The molecule has 0 atom stereocenters. The van der Waals surface area contributed by atoms with Crippen molar-refractivity contribution in [3.63, 3.8) is 0 Å². The molecule has 1 N–H and O–H groups in total. The molecule has 3 rings (SSSR count). The Morgan fingerprint density at radius 1 is 1.13 bits per heavy atom. The van der Waals surface area contributed by atoms with Crippen molar-refractivity contribution in [2.45, 2.75) is 12.8 Å². The first-order valence-electron chi connectivity index (χ1n) is 9.36. The lowest BCUT2D eigenvalue weighted by Crippen LogP contribution is -2.18. The van der Waals surface area contributed by atoms with Crippen LogP contribution in [-0.4, -0.2) is 33.2 Å². The molecule has 1 saturated heterocycles. The van der Waals surface area contributed by atoms with Crippen molar-refractivity contribution in [3.8, 4) is 17.6 Å². The lowest BCUT2D eigenvalue weighted by molar-refractivity contribution is -0.112. The molecule has 30 heavy (non-hydrogen) atoms. The van der Waals surface area contributed by atoms with Gasteiger partial charge in [-0.05, 0) is 43.2 Å². The summed E-state index contributed by atoms with van der Waals surface area (Å²) in [5, 5.41) is 12.9. The van der Waals surface area contributed by atoms with Crippen LogP contribution in [0.1, 0.15) is 18.4 Å². The van der Waals surface area contributed by atoms with Crippen molar-refractivity contribution in [2.24, 2.45) is 0 Å². The van der Waals surface area contributed by atoms with E-state index < -0.39 is 5.91 Å². The summed E-state index contributed by atoms with van der Waals surface area (Å²) in [5.41, 5.74) is 1.75. The van der Waals surface area contributed by atoms with E-state index in [1.807, 2.05) is 12.1 Å². The highest BCUT2D eigenvalue weighted by Crippen LogP contribution is 2.38. The maximum Gasteiger partial charge on any atom is 0.266 e. The molecule has 8 heteroatoms. The normalized spacial score (nSPS) is 13.7. The molecule has 1 aliphatic heterocycles. The lowest BCUT2D eigenvalue weighted by Gasteiger charge is -2.22. The number of rotatable bonds is 6. The fourth-order valence-electron chi connectivity index (χ4n) is 3.31. The molecule has 6 nitrogen and oxygen atoms in total. The molecule has 0 bridgehead atoms. The molecule has 156 valence electrons. The number of methoxy groups -OCH3 is 2. The SMILES string of the molecule is COc1cc(N2CCCC2)c(OC)cc1/C=C(/C#N)C(=O)Nc1ccc(Cl)cc1Cl. The Hall–Kier alpha value is -2.88. The second-order valence-electron chi connectivity index (χ2n) is 6.71. The Morgan fingerprint density at radius 2 is 1.83 bits per heavy atom. The van der Waals surface area contributed by atoms with Crippen LogP contribution in [0.25, 0.3) is 6.08 Å². The number of hydrogen-bond donors (Lipinski definition) is 1. The molecule has 2 aromatic rings. The van der Waals surface area contributed by atoms with Gasteiger partial charge in [0.2, 0.25) is 0 Å². The number of amides is 1. The quantitative estimate of drug-likeness (QED) is 0.490. The third kappa shape index (κ3) is 4.81. The zero-order chi connectivity index (χ0) is 21.7. The Labute approximate surface area is 185 Å². The second kappa shape index (κ2) is 9.75. The molecule has 1 fully saturated rings. The first-order valence-corrected chi connectivity index (χ1v) is 10.1. The number of hydrogen-bond acceptors (Lipinski definition) is 5. The molecule has 0 saturated carbocycles. The van der Waals surface area contributed by atoms with Gasteiger partial charge in [0.15, 0.2) is 0 Å². The highest BCUT2D eigenvalue weighted by molar-refractivity contribution is 6.36. The molecular weight excluding hydrogens is 425 g/mol. The summed E-state index contributed by atoms with van der Waals surface area (Å²) in [7, 11) is 3.14. The maximum atomic E-state index is 12.6. The summed E-state index contributed by atoms with van der Waals surface area (Å²) in [6, 6.07) is 10.3. The number of nitrogens with one attached hydrogen (secondary N) is 1. The lowest BCUT2D eigenvalue weighted by atomic mass is 10.1. The van der Waals surface area contributed by atoms with Gasteiger partial charge in [-0.1, -0.05) is 23.2 Å². The third-order valence-electron chi connectivity index (χ3n) is 4.82. The maximum absolute atomic E-state index is 12.6. The number of nitrogens with zero attached hydrogens (tertiary/aromatic N) is 2. The van der Waals surface area contributed by atoms with Crippen molar-refractivity contribution >= 4 is 46.6 Å². The van der Waals surface area contributed by atoms with Gasteiger partial charge in [-0.2, -0.15) is 5.26 Å². The summed E-state index contributed by atoms with van der Waals surface area (Å²) in [6.45, 7) is 1.89. The summed E-state index contributed by atoms with van der Waals surface area (Å²) in [6.07, 6.45) is 3.71. The molecule has 1 amide bonds. The van der Waals surface area contributed by atoms with E-state index >= 15 is 0 Å². The molecule has 2 aromatic carbocycles. The fraction of sp³-hybridized carbons (Fsp3) is 0.273. The smallest absolute Gasteiger partial charge is 0.266 e. The van der Waals surface area contributed by atoms with Gasteiger partial charge in [0.1, 0.15) is 23.1 Å². The van der Waals surface area contributed by atoms with Gasteiger partial charge in [0.05, 0.1) is 30.6 Å². The van der Waals surface area contributed by atoms with Crippen molar-refractivity contribution in [2.75, 3.05) is 37.5 Å². The van der Waals surface area contributed by atoms with Crippen LogP contribution in [0.3, 0.4) is 0 Å². The van der Waals surface area contributed by atoms with Crippen LogP contribution in [0.2, 0.25) is 10.0 Å². The Balaban J connectivity index is 1.94. The van der Waals surface area contributed by atoms with E-state index in [1.165, 1.54) is 12.1 Å². The van der Waals surface area contributed by atoms with Crippen LogP contribution in [0.15, 0.2) is 35.9 Å². The first-order chi connectivity index (χ1) is 14.5. The molecule has 0 unspecified atom stereocenters. The summed E-state index contributed by atoms with van der Waals surface area (Å²) >= 11 is 12.0. The predicted molar refractivity (Wildman–Crippen MR) is 120 cm³/mol. The van der Waals surface area contributed by atoms with Crippen LogP contribution in [0.5, 0.6) is 11.5 Å². The van der Waals surface area contributed by atoms with E-state index in [2.05, 4.69) is 10.2 Å². The highest BCUT2D eigenvalue weighted by Gasteiger charge is 2.20. The van der Waals surface area contributed by atoms with Crippen molar-refractivity contribution in [3.05, 3.63) is 51.5 Å². The van der Waals surface area contributed by atoms with Crippen LogP contribution in [-0.2, 0) is 4.79 Å². The van der Waals surface area contributed by atoms with Gasteiger partial charge in [-0.15, -0.1) is 0 Å². The zero-order valence-electron chi connectivity index (χ0n) is 16.7. The predicted octanol–water partition coefficient (Wildman–Crippen LogP) is 5.16. The molecule has 1 aliphatic rings.